The van der Waals surface area contributed by atoms with E-state index in [-0.39, 0.29) is 0 Å². The van der Waals surface area contributed by atoms with Gasteiger partial charge in [-0.05, 0) is 37.6 Å². The van der Waals surface area contributed by atoms with Crippen LogP contribution < -0.4 is 0 Å². The molecule has 1 aliphatic heterocycles. The van der Waals surface area contributed by atoms with E-state index >= 15 is 0 Å². The first-order chi connectivity index (χ1) is 8.70. The average molecular weight is 264 g/mol. The molecule has 0 aromatic carbocycles. The minimum Gasteiger partial charge on any atom is -0.297 e. The van der Waals surface area contributed by atoms with E-state index in [1.54, 1.807) is 0 Å². The maximum atomic E-state index is 4.60. The van der Waals surface area contributed by atoms with Gasteiger partial charge in [0.15, 0.2) is 0 Å². The molecule has 0 aliphatic carbocycles. The summed E-state index contributed by atoms with van der Waals surface area (Å²) in [5.74, 6) is 0. The molecule has 18 heavy (non-hydrogen) atoms. The minimum absolute atomic E-state index is 0.592. The second-order valence-corrected chi connectivity index (χ2v) is 6.83. The highest BCUT2D eigenvalue weighted by atomic mass is 32.2. The number of likely N-dealkylation sites (tertiary alicyclic amines) is 1. The lowest BCUT2D eigenvalue weighted by Gasteiger charge is -2.35. The molecular weight excluding hydrogens is 240 g/mol. The number of nitrogens with zero attached hydrogens (tertiary/aromatic N) is 2. The van der Waals surface area contributed by atoms with E-state index in [1.807, 2.05) is 11.8 Å². The molecule has 1 atom stereocenters. The Morgan fingerprint density at radius 3 is 2.83 bits per heavy atom. The SMILES string of the molecule is CCN1CCCC[C@H]1c1ccc(SC(C)C)nc1. The third-order valence-electron chi connectivity index (χ3n) is 3.52. The maximum absolute atomic E-state index is 4.60. The Kier molecular flexibility index (Phi) is 5.07. The molecule has 0 saturated carbocycles. The van der Waals surface area contributed by atoms with Crippen molar-refractivity contribution < 1.29 is 0 Å². The zero-order valence-corrected chi connectivity index (χ0v) is 12.5. The summed E-state index contributed by atoms with van der Waals surface area (Å²) in [5, 5.41) is 1.75. The topological polar surface area (TPSA) is 16.1 Å². The molecule has 1 fully saturated rings. The van der Waals surface area contributed by atoms with Crippen LogP contribution in [0.4, 0.5) is 0 Å². The van der Waals surface area contributed by atoms with E-state index in [2.05, 4.69) is 49.0 Å². The van der Waals surface area contributed by atoms with Gasteiger partial charge < -0.3 is 0 Å². The number of aromatic nitrogens is 1. The van der Waals surface area contributed by atoms with E-state index < -0.39 is 0 Å². The van der Waals surface area contributed by atoms with Crippen LogP contribution in [-0.4, -0.2) is 28.2 Å². The lowest BCUT2D eigenvalue weighted by molar-refractivity contribution is 0.157. The number of thioether (sulfide) groups is 1. The molecule has 0 bridgehead atoms. The molecule has 100 valence electrons. The largest absolute Gasteiger partial charge is 0.297 e. The fourth-order valence-corrected chi connectivity index (χ4v) is 3.39. The van der Waals surface area contributed by atoms with Crippen molar-refractivity contribution in [1.82, 2.24) is 9.88 Å². The molecule has 0 amide bonds. The molecule has 3 heteroatoms. The van der Waals surface area contributed by atoms with Gasteiger partial charge in [-0.1, -0.05) is 33.3 Å². The predicted octanol–water partition coefficient (Wildman–Crippen LogP) is 4.13. The highest BCUT2D eigenvalue weighted by molar-refractivity contribution is 7.99. The Bertz CT molecular complexity index is 361. The lowest BCUT2D eigenvalue weighted by Crippen LogP contribution is -2.33. The third kappa shape index (κ3) is 3.48. The van der Waals surface area contributed by atoms with Gasteiger partial charge in [0.1, 0.15) is 0 Å². The zero-order valence-electron chi connectivity index (χ0n) is 11.7. The second-order valence-electron chi connectivity index (χ2n) is 5.24. The van der Waals surface area contributed by atoms with Crippen molar-refractivity contribution >= 4 is 11.8 Å². The Morgan fingerprint density at radius 2 is 2.22 bits per heavy atom. The van der Waals surface area contributed by atoms with Gasteiger partial charge >= 0.3 is 0 Å². The summed E-state index contributed by atoms with van der Waals surface area (Å²) in [6, 6.07) is 5.05. The highest BCUT2D eigenvalue weighted by Gasteiger charge is 2.22. The van der Waals surface area contributed by atoms with Crippen molar-refractivity contribution in [1.29, 1.82) is 0 Å². The van der Waals surface area contributed by atoms with Crippen molar-refractivity contribution in [2.75, 3.05) is 13.1 Å². The van der Waals surface area contributed by atoms with Crippen LogP contribution in [0, 0.1) is 0 Å². The smallest absolute Gasteiger partial charge is 0.0962 e. The van der Waals surface area contributed by atoms with E-state index in [4.69, 9.17) is 0 Å². The molecule has 0 N–H and O–H groups in total. The Labute approximate surface area is 115 Å². The predicted molar refractivity (Wildman–Crippen MR) is 79.1 cm³/mol. The first-order valence-corrected chi connectivity index (χ1v) is 7.95. The summed E-state index contributed by atoms with van der Waals surface area (Å²) in [4.78, 5) is 7.18. The highest BCUT2D eigenvalue weighted by Crippen LogP contribution is 2.31. The van der Waals surface area contributed by atoms with Crippen LogP contribution in [0.1, 0.15) is 51.6 Å². The molecule has 1 aromatic rings. The number of hydrogen-bond donors (Lipinski definition) is 0. The van der Waals surface area contributed by atoms with E-state index in [0.717, 1.165) is 11.6 Å². The Hall–Kier alpha value is -0.540. The van der Waals surface area contributed by atoms with Crippen LogP contribution in [0.2, 0.25) is 0 Å². The van der Waals surface area contributed by atoms with Gasteiger partial charge in [-0.15, -0.1) is 11.8 Å². The number of pyridine rings is 1. The molecule has 2 rings (SSSR count). The molecule has 1 aromatic heterocycles. The second kappa shape index (κ2) is 6.58. The Balaban J connectivity index is 2.07. The molecule has 2 heterocycles. The molecule has 0 radical (unpaired) electrons. The van der Waals surface area contributed by atoms with Crippen LogP contribution in [0.25, 0.3) is 0 Å². The summed E-state index contributed by atoms with van der Waals surface area (Å²) in [7, 11) is 0. The first kappa shape index (κ1) is 13.9. The summed E-state index contributed by atoms with van der Waals surface area (Å²) in [5.41, 5.74) is 1.39. The van der Waals surface area contributed by atoms with Crippen LogP contribution in [-0.2, 0) is 0 Å². The fraction of sp³-hybridized carbons (Fsp3) is 0.667. The van der Waals surface area contributed by atoms with Crippen LogP contribution >= 0.6 is 11.8 Å². The van der Waals surface area contributed by atoms with Crippen LogP contribution in [0.5, 0.6) is 0 Å². The summed E-state index contributed by atoms with van der Waals surface area (Å²) in [6.45, 7) is 9.06. The lowest BCUT2D eigenvalue weighted by atomic mass is 9.96. The van der Waals surface area contributed by atoms with Crippen LogP contribution in [0.15, 0.2) is 23.4 Å². The van der Waals surface area contributed by atoms with Crippen molar-refractivity contribution in [3.05, 3.63) is 23.9 Å². The Morgan fingerprint density at radius 1 is 1.39 bits per heavy atom. The van der Waals surface area contributed by atoms with Gasteiger partial charge in [-0.25, -0.2) is 4.98 Å². The number of piperidine rings is 1. The molecule has 1 saturated heterocycles. The maximum Gasteiger partial charge on any atom is 0.0962 e. The molecule has 2 nitrogen and oxygen atoms in total. The van der Waals surface area contributed by atoms with E-state index in [9.17, 15) is 0 Å². The molecule has 0 unspecified atom stereocenters. The molecule has 1 aliphatic rings. The normalized spacial score (nSPS) is 21.4. The standard InChI is InChI=1S/C15H24N2S/c1-4-17-10-6-5-7-14(17)13-8-9-15(16-11-13)18-12(2)3/h8-9,11-12,14H,4-7,10H2,1-3H3/t14-/m0/s1. The van der Waals surface area contributed by atoms with Crippen molar-refractivity contribution in [2.45, 2.75) is 56.4 Å². The summed E-state index contributed by atoms with van der Waals surface area (Å²) >= 11 is 1.84. The van der Waals surface area contributed by atoms with Crippen molar-refractivity contribution in [3.63, 3.8) is 0 Å². The molecule has 0 spiro atoms. The van der Waals surface area contributed by atoms with Gasteiger partial charge in [-0.2, -0.15) is 0 Å². The zero-order chi connectivity index (χ0) is 13.0. The fourth-order valence-electron chi connectivity index (χ4n) is 2.65. The van der Waals surface area contributed by atoms with Crippen LogP contribution in [0.3, 0.4) is 0 Å². The number of hydrogen-bond acceptors (Lipinski definition) is 3. The minimum atomic E-state index is 0.592. The van der Waals surface area contributed by atoms with Crippen molar-refractivity contribution in [2.24, 2.45) is 0 Å². The van der Waals surface area contributed by atoms with Gasteiger partial charge in [0, 0.05) is 17.5 Å². The first-order valence-electron chi connectivity index (χ1n) is 7.07. The molecular formula is C15H24N2S. The summed E-state index contributed by atoms with van der Waals surface area (Å²) in [6.07, 6.45) is 6.07. The quantitative estimate of drug-likeness (QED) is 0.761. The summed E-state index contributed by atoms with van der Waals surface area (Å²) < 4.78 is 0. The van der Waals surface area contributed by atoms with E-state index in [1.165, 1.54) is 31.4 Å². The van der Waals surface area contributed by atoms with Gasteiger partial charge in [-0.3, -0.25) is 4.90 Å². The average Bonchev–Trinajstić information content (AvgIpc) is 2.39. The van der Waals surface area contributed by atoms with Gasteiger partial charge in [0.2, 0.25) is 0 Å². The van der Waals surface area contributed by atoms with Crippen molar-refractivity contribution in [3.8, 4) is 0 Å². The van der Waals surface area contributed by atoms with Gasteiger partial charge in [0.05, 0.1) is 5.03 Å². The number of rotatable bonds is 4. The van der Waals surface area contributed by atoms with Gasteiger partial charge in [0.25, 0.3) is 0 Å². The monoisotopic (exact) mass is 264 g/mol. The van der Waals surface area contributed by atoms with E-state index in [0.29, 0.717) is 11.3 Å². The third-order valence-corrected chi connectivity index (χ3v) is 4.47.